The van der Waals surface area contributed by atoms with Crippen LogP contribution < -0.4 is 21.7 Å². The van der Waals surface area contributed by atoms with Crippen LogP contribution in [-0.2, 0) is 14.4 Å². The highest BCUT2D eigenvalue weighted by molar-refractivity contribution is 7.82. The number of likely N-dealkylation sites (tertiary alicyclic amines) is 1. The second-order valence-corrected chi connectivity index (χ2v) is 14.9. The highest BCUT2D eigenvalue weighted by Gasteiger charge is 2.70. The van der Waals surface area contributed by atoms with Gasteiger partial charge in [0.25, 0.3) is 5.91 Å². The number of piperidine rings is 1. The fraction of sp³-hybridized carbons (Fsp3) is 0.852. The largest absolute Gasteiger partial charge is 0.369 e. The molecule has 0 unspecified atom stereocenters. The molecule has 1 aliphatic heterocycles. The maximum absolute atomic E-state index is 14.0. The summed E-state index contributed by atoms with van der Waals surface area (Å²) in [7, 11) is 0. The summed E-state index contributed by atoms with van der Waals surface area (Å²) in [6, 6.07) is -3.13. The highest BCUT2D eigenvalue weighted by atomic mass is 32.1. The molecule has 6 N–H and O–H groups in total. The molecule has 0 aromatic rings. The lowest BCUT2D eigenvalue weighted by molar-refractivity contribution is -0.145. The van der Waals surface area contributed by atoms with Crippen LogP contribution in [-0.4, -0.2) is 68.9 Å². The molecule has 10 nitrogen and oxygen atoms in total. The lowest BCUT2D eigenvalue weighted by atomic mass is 9.79. The molecule has 11 heteroatoms. The number of amides is 5. The van der Waals surface area contributed by atoms with Gasteiger partial charge >= 0.3 is 6.03 Å². The summed E-state index contributed by atoms with van der Waals surface area (Å²) in [4.78, 5) is 51.9. The summed E-state index contributed by atoms with van der Waals surface area (Å²) in [5.74, 6) is -1.52. The van der Waals surface area contributed by atoms with Gasteiger partial charge in [0.2, 0.25) is 16.7 Å². The van der Waals surface area contributed by atoms with Crippen LogP contribution in [0.5, 0.6) is 0 Å². The number of hydrogen-bond donors (Lipinski definition) is 6. The summed E-state index contributed by atoms with van der Waals surface area (Å²) < 4.78 is 0. The molecule has 1 saturated heterocycles. The van der Waals surface area contributed by atoms with Crippen LogP contribution in [0.4, 0.5) is 4.79 Å². The topological polar surface area (TPSA) is 154 Å². The van der Waals surface area contributed by atoms with Crippen LogP contribution in [0, 0.1) is 28.6 Å². The van der Waals surface area contributed by atoms with Crippen molar-refractivity contribution in [1.82, 2.24) is 20.9 Å². The first-order valence-electron chi connectivity index (χ1n) is 13.6. The number of fused-ring (bicyclic) bond motifs is 1. The van der Waals surface area contributed by atoms with Crippen LogP contribution in [0.2, 0.25) is 0 Å². The molecule has 0 aromatic heterocycles. The van der Waals surface area contributed by atoms with Crippen molar-refractivity contribution in [2.24, 2.45) is 34.3 Å². The molecule has 2 saturated carbocycles. The van der Waals surface area contributed by atoms with Crippen LogP contribution >= 0.6 is 12.6 Å². The highest BCUT2D eigenvalue weighted by Crippen LogP contribution is 2.65. The quantitative estimate of drug-likeness (QED) is 0.200. The van der Waals surface area contributed by atoms with Crippen LogP contribution in [0.1, 0.15) is 81.1 Å². The van der Waals surface area contributed by atoms with Crippen LogP contribution in [0.3, 0.4) is 0 Å². The number of nitrogens with two attached hydrogens (primary N) is 1. The first-order valence-corrected chi connectivity index (χ1v) is 14.1. The fourth-order valence-corrected chi connectivity index (χ4v) is 6.12. The maximum atomic E-state index is 14.0. The lowest BCUT2D eigenvalue weighted by Crippen LogP contribution is -2.63. The summed E-state index contributed by atoms with van der Waals surface area (Å²) in [6.45, 7) is 15.7. The van der Waals surface area contributed by atoms with E-state index >= 15 is 0 Å². The van der Waals surface area contributed by atoms with E-state index in [9.17, 15) is 24.3 Å². The molecule has 1 heterocycles. The SMILES string of the molecule is CC(C)(C)NC(=O)N[C@H](C(=O)N1C[C@H]2[C@@H]([C@H]1C(=O)N[C@@H](CC1CCC1)[C@](O)(S)C(N)=O)C2(C)C)C(C)(C)C. The Morgan fingerprint density at radius 1 is 1.08 bits per heavy atom. The van der Waals surface area contributed by atoms with Crippen molar-refractivity contribution in [3.05, 3.63) is 0 Å². The number of carbonyl (C=O) groups is 4. The molecular weight excluding hydrogens is 506 g/mol. The van der Waals surface area contributed by atoms with Gasteiger partial charge in [-0.2, -0.15) is 0 Å². The summed E-state index contributed by atoms with van der Waals surface area (Å²) in [5, 5.41) is 19.3. The molecule has 0 aromatic carbocycles. The Labute approximate surface area is 232 Å². The molecular formula is C27H47N5O5S. The van der Waals surface area contributed by atoms with Crippen molar-refractivity contribution >= 4 is 36.4 Å². The zero-order chi connectivity index (χ0) is 29.0. The molecule has 3 fully saturated rings. The summed E-state index contributed by atoms with van der Waals surface area (Å²) >= 11 is 4.13. The van der Waals surface area contributed by atoms with E-state index in [-0.39, 0.29) is 29.1 Å². The van der Waals surface area contributed by atoms with Crippen molar-refractivity contribution in [2.75, 3.05) is 6.54 Å². The monoisotopic (exact) mass is 553 g/mol. The minimum atomic E-state index is -2.22. The lowest BCUT2D eigenvalue weighted by Gasteiger charge is -2.40. The number of nitrogens with one attached hydrogen (secondary N) is 3. The van der Waals surface area contributed by atoms with Crippen molar-refractivity contribution in [3.8, 4) is 0 Å². The standard InChI is InChI=1S/C27H47N5O5S/c1-24(2,3)19(30-23(36)31-25(4,5)6)21(34)32-13-15-17(26(15,7)8)18(32)20(33)29-16(12-14-10-9-11-14)27(37,38)22(28)35/h14-19,37-38H,9-13H2,1-8H3,(H2,28,35)(H,29,33)(H2,30,31,36)/t15-,16-,17-,18-,19+,27-/m0/s1. The average Bonchev–Trinajstić information content (AvgIpc) is 3.05. The van der Waals surface area contributed by atoms with E-state index in [1.165, 1.54) is 0 Å². The van der Waals surface area contributed by atoms with Gasteiger partial charge in [-0.25, -0.2) is 4.79 Å². The van der Waals surface area contributed by atoms with Gasteiger partial charge in [0.1, 0.15) is 12.1 Å². The predicted octanol–water partition coefficient (Wildman–Crippen LogP) is 1.76. The zero-order valence-corrected chi connectivity index (χ0v) is 24.9. The molecule has 216 valence electrons. The summed E-state index contributed by atoms with van der Waals surface area (Å²) in [6.07, 6.45) is 3.30. The van der Waals surface area contributed by atoms with Crippen molar-refractivity contribution < 1.29 is 24.3 Å². The Morgan fingerprint density at radius 2 is 1.66 bits per heavy atom. The second kappa shape index (κ2) is 10.2. The zero-order valence-electron chi connectivity index (χ0n) is 24.1. The predicted molar refractivity (Wildman–Crippen MR) is 148 cm³/mol. The van der Waals surface area contributed by atoms with E-state index in [0.717, 1.165) is 19.3 Å². The third kappa shape index (κ3) is 6.24. The van der Waals surface area contributed by atoms with E-state index in [1.54, 1.807) is 4.90 Å². The molecule has 0 bridgehead atoms. The van der Waals surface area contributed by atoms with Gasteiger partial charge in [0.15, 0.2) is 0 Å². The molecule has 38 heavy (non-hydrogen) atoms. The normalized spacial score (nSPS) is 27.7. The van der Waals surface area contributed by atoms with Crippen LogP contribution in [0.25, 0.3) is 0 Å². The van der Waals surface area contributed by atoms with E-state index in [0.29, 0.717) is 13.0 Å². The van der Waals surface area contributed by atoms with E-state index in [4.69, 9.17) is 5.73 Å². The Morgan fingerprint density at radius 3 is 2.11 bits per heavy atom. The third-order valence-corrected chi connectivity index (χ3v) is 9.13. The first-order chi connectivity index (χ1) is 17.2. The van der Waals surface area contributed by atoms with Gasteiger partial charge in [0, 0.05) is 12.1 Å². The molecule has 0 spiro atoms. The molecule has 3 aliphatic rings. The van der Waals surface area contributed by atoms with Crippen molar-refractivity contribution in [3.63, 3.8) is 0 Å². The molecule has 5 amide bonds. The Bertz CT molecular complexity index is 966. The van der Waals surface area contributed by atoms with Crippen LogP contribution in [0.15, 0.2) is 0 Å². The minimum absolute atomic E-state index is 0.0820. The number of carbonyl (C=O) groups excluding carboxylic acids is 4. The van der Waals surface area contributed by atoms with Gasteiger partial charge in [-0.15, -0.1) is 12.6 Å². The Hall–Kier alpha value is -2.01. The van der Waals surface area contributed by atoms with Gasteiger partial charge < -0.3 is 31.7 Å². The number of aliphatic hydroxyl groups is 1. The Balaban J connectivity index is 1.86. The Kier molecular flexibility index (Phi) is 8.19. The molecule has 3 rings (SSSR count). The maximum Gasteiger partial charge on any atom is 0.315 e. The van der Waals surface area contributed by atoms with Crippen molar-refractivity contribution in [1.29, 1.82) is 0 Å². The number of hydrogen-bond acceptors (Lipinski definition) is 6. The van der Waals surface area contributed by atoms with E-state index in [2.05, 4.69) is 42.4 Å². The fourth-order valence-electron chi connectivity index (χ4n) is 5.95. The molecule has 0 radical (unpaired) electrons. The minimum Gasteiger partial charge on any atom is -0.369 e. The number of rotatable bonds is 8. The van der Waals surface area contributed by atoms with Gasteiger partial charge in [0.05, 0.1) is 6.04 Å². The number of thiol groups is 1. The van der Waals surface area contributed by atoms with Gasteiger partial charge in [-0.3, -0.25) is 14.4 Å². The number of primary amides is 1. The van der Waals surface area contributed by atoms with E-state index in [1.807, 2.05) is 41.5 Å². The third-order valence-electron chi connectivity index (χ3n) is 8.60. The van der Waals surface area contributed by atoms with Crippen molar-refractivity contribution in [2.45, 2.75) is 110 Å². The van der Waals surface area contributed by atoms with E-state index < -0.39 is 51.9 Å². The first kappa shape index (κ1) is 30.5. The number of urea groups is 1. The summed E-state index contributed by atoms with van der Waals surface area (Å²) in [5.41, 5.74) is 4.18. The number of nitrogens with zero attached hydrogens (tertiary/aromatic N) is 1. The second-order valence-electron chi connectivity index (χ2n) is 14.2. The molecule has 2 aliphatic carbocycles. The van der Waals surface area contributed by atoms with Gasteiger partial charge in [-0.1, -0.05) is 53.9 Å². The molecule has 6 atom stereocenters. The average molecular weight is 554 g/mol. The smallest absolute Gasteiger partial charge is 0.315 e. The van der Waals surface area contributed by atoms with Gasteiger partial charge in [-0.05, 0) is 55.8 Å².